The number of ether oxygens (including phenoxy) is 1. The van der Waals surface area contributed by atoms with Gasteiger partial charge in [0.15, 0.2) is 0 Å². The summed E-state index contributed by atoms with van der Waals surface area (Å²) >= 11 is 0. The third-order valence-corrected chi connectivity index (χ3v) is 13.4. The first-order chi connectivity index (χ1) is 15.2. The number of aliphatic hydroxyl groups is 1. The van der Waals surface area contributed by atoms with Gasteiger partial charge in [-0.2, -0.15) is 0 Å². The van der Waals surface area contributed by atoms with Crippen molar-refractivity contribution in [3.63, 3.8) is 0 Å². The average molecular weight is 455 g/mol. The van der Waals surface area contributed by atoms with E-state index in [4.69, 9.17) is 4.74 Å². The standard InChI is InChI=1S/C30H46O3/c1-24(2)14-16-29-17-15-28(7)27(6)12-8-19-25(3,4)22(31)10-11-26(19,5)20(27)9-13-30(28,21(29)18-24)33-23(29)32/h9,13,19-22,31H,8,10-12,14-18H2,1-7H3/t19-,20?,21?,22+,26-,27+,28-,29-,30-/m0/s1. The van der Waals surface area contributed by atoms with Crippen molar-refractivity contribution in [3.8, 4) is 0 Å². The summed E-state index contributed by atoms with van der Waals surface area (Å²) in [6, 6.07) is 0. The van der Waals surface area contributed by atoms with Crippen molar-refractivity contribution in [1.82, 2.24) is 0 Å². The van der Waals surface area contributed by atoms with Gasteiger partial charge in [-0.15, -0.1) is 0 Å². The van der Waals surface area contributed by atoms with Crippen LogP contribution in [0, 0.1) is 50.2 Å². The number of fused-ring (bicyclic) bond motifs is 4. The predicted molar refractivity (Wildman–Crippen MR) is 130 cm³/mol. The summed E-state index contributed by atoms with van der Waals surface area (Å²) in [6.07, 6.45) is 14.4. The summed E-state index contributed by atoms with van der Waals surface area (Å²) in [4.78, 5) is 13.6. The number of rotatable bonds is 0. The molecule has 0 aromatic carbocycles. The van der Waals surface area contributed by atoms with E-state index >= 15 is 0 Å². The molecule has 1 spiro atoms. The minimum Gasteiger partial charge on any atom is -0.453 e. The van der Waals surface area contributed by atoms with Gasteiger partial charge in [0.1, 0.15) is 5.60 Å². The molecular formula is C30H46O3. The molecule has 1 saturated heterocycles. The van der Waals surface area contributed by atoms with Crippen LogP contribution >= 0.6 is 0 Å². The maximum atomic E-state index is 13.6. The van der Waals surface area contributed by atoms with E-state index < -0.39 is 5.60 Å². The van der Waals surface area contributed by atoms with Crippen molar-refractivity contribution in [2.75, 3.05) is 0 Å². The zero-order valence-corrected chi connectivity index (χ0v) is 22.1. The lowest BCUT2D eigenvalue weighted by Gasteiger charge is -2.72. The molecule has 4 saturated carbocycles. The molecule has 1 N–H and O–H groups in total. The van der Waals surface area contributed by atoms with Crippen LogP contribution in [-0.2, 0) is 9.53 Å². The van der Waals surface area contributed by atoms with E-state index in [-0.39, 0.29) is 44.6 Å². The summed E-state index contributed by atoms with van der Waals surface area (Å²) in [6.45, 7) is 17.0. The fraction of sp³-hybridized carbons (Fsp3) is 0.900. The lowest BCUT2D eigenvalue weighted by Crippen LogP contribution is -2.70. The van der Waals surface area contributed by atoms with E-state index in [1.165, 1.54) is 6.42 Å². The maximum absolute atomic E-state index is 13.6. The van der Waals surface area contributed by atoms with Crippen molar-refractivity contribution >= 4 is 5.97 Å². The van der Waals surface area contributed by atoms with Crippen molar-refractivity contribution in [1.29, 1.82) is 0 Å². The van der Waals surface area contributed by atoms with E-state index in [1.807, 2.05) is 0 Å². The highest BCUT2D eigenvalue weighted by Gasteiger charge is 2.79. The summed E-state index contributed by atoms with van der Waals surface area (Å²) in [7, 11) is 0. The number of carbonyl (C=O) groups excluding carboxylic acids is 1. The Morgan fingerprint density at radius 3 is 2.30 bits per heavy atom. The van der Waals surface area contributed by atoms with Crippen LogP contribution in [0.2, 0.25) is 0 Å². The number of hydrogen-bond donors (Lipinski definition) is 1. The Morgan fingerprint density at radius 2 is 1.58 bits per heavy atom. The van der Waals surface area contributed by atoms with Crippen LogP contribution in [0.5, 0.6) is 0 Å². The summed E-state index contributed by atoms with van der Waals surface area (Å²) in [5.74, 6) is 1.41. The highest BCUT2D eigenvalue weighted by molar-refractivity contribution is 5.82. The van der Waals surface area contributed by atoms with Gasteiger partial charge in [0, 0.05) is 11.3 Å². The molecule has 0 aromatic rings. The van der Waals surface area contributed by atoms with Gasteiger partial charge in [-0.3, -0.25) is 4.79 Å². The molecule has 0 radical (unpaired) electrons. The number of carbonyl (C=O) groups is 1. The van der Waals surface area contributed by atoms with Gasteiger partial charge in [-0.25, -0.2) is 0 Å². The molecule has 6 aliphatic rings. The monoisotopic (exact) mass is 454 g/mol. The van der Waals surface area contributed by atoms with Crippen LogP contribution in [0.3, 0.4) is 0 Å². The van der Waals surface area contributed by atoms with Gasteiger partial charge in [-0.1, -0.05) is 54.5 Å². The minimum atomic E-state index is -0.446. The van der Waals surface area contributed by atoms with Gasteiger partial charge >= 0.3 is 5.97 Å². The van der Waals surface area contributed by atoms with Gasteiger partial charge in [0.05, 0.1) is 11.5 Å². The molecule has 9 atom stereocenters. The van der Waals surface area contributed by atoms with E-state index in [9.17, 15) is 9.90 Å². The Morgan fingerprint density at radius 1 is 0.879 bits per heavy atom. The second kappa shape index (κ2) is 6.11. The second-order valence-corrected chi connectivity index (χ2v) is 15.3. The van der Waals surface area contributed by atoms with Gasteiger partial charge < -0.3 is 9.84 Å². The molecule has 1 heterocycles. The molecule has 33 heavy (non-hydrogen) atoms. The number of allylic oxidation sites excluding steroid dienone is 1. The first kappa shape index (κ1) is 22.6. The summed E-state index contributed by atoms with van der Waals surface area (Å²) < 4.78 is 6.69. The maximum Gasteiger partial charge on any atom is 0.313 e. The lowest BCUT2D eigenvalue weighted by atomic mass is 9.32. The van der Waals surface area contributed by atoms with E-state index in [1.54, 1.807) is 0 Å². The zero-order chi connectivity index (χ0) is 23.9. The predicted octanol–water partition coefficient (Wildman–Crippen LogP) is 6.68. The first-order valence-corrected chi connectivity index (χ1v) is 13.8. The SMILES string of the molecule is CC1(C)CC[C@@]23CC[C@]4(C)[C@@](C=CC5[C@@]6(C)CC[C@@H](O)C(C)(C)[C@@H]6CC[C@]54C)(OC2=O)C3C1. The van der Waals surface area contributed by atoms with Gasteiger partial charge in [0.25, 0.3) is 0 Å². The Kier molecular flexibility index (Phi) is 4.19. The van der Waals surface area contributed by atoms with E-state index in [2.05, 4.69) is 60.6 Å². The third kappa shape index (κ3) is 2.31. The van der Waals surface area contributed by atoms with Crippen molar-refractivity contribution in [3.05, 3.63) is 12.2 Å². The Hall–Kier alpha value is -0.830. The fourth-order valence-electron chi connectivity index (χ4n) is 11.1. The largest absolute Gasteiger partial charge is 0.453 e. The molecule has 3 heteroatoms. The van der Waals surface area contributed by atoms with Gasteiger partial charge in [-0.05, 0) is 97.4 Å². The molecule has 5 aliphatic carbocycles. The molecule has 2 unspecified atom stereocenters. The van der Waals surface area contributed by atoms with Crippen molar-refractivity contribution in [2.45, 2.75) is 118 Å². The van der Waals surface area contributed by atoms with Crippen molar-refractivity contribution < 1.29 is 14.6 Å². The smallest absolute Gasteiger partial charge is 0.313 e. The van der Waals surface area contributed by atoms with Crippen LogP contribution < -0.4 is 0 Å². The number of hydrogen-bond acceptors (Lipinski definition) is 3. The number of aliphatic hydroxyl groups excluding tert-OH is 1. The van der Waals surface area contributed by atoms with E-state index in [0.29, 0.717) is 17.8 Å². The van der Waals surface area contributed by atoms with Crippen LogP contribution in [0.15, 0.2) is 12.2 Å². The minimum absolute atomic E-state index is 0.0403. The molecular weight excluding hydrogens is 408 g/mol. The highest BCUT2D eigenvalue weighted by atomic mass is 16.6. The molecule has 6 rings (SSSR count). The van der Waals surface area contributed by atoms with Crippen LogP contribution in [0.1, 0.15) is 106 Å². The Balaban J connectivity index is 1.50. The summed E-state index contributed by atoms with van der Waals surface area (Å²) in [5.41, 5.74) is -0.233. The number of esters is 1. The summed E-state index contributed by atoms with van der Waals surface area (Å²) in [5, 5.41) is 10.9. The molecule has 5 fully saturated rings. The average Bonchev–Trinajstić information content (AvgIpc) is 2.89. The fourth-order valence-corrected chi connectivity index (χ4v) is 11.1. The normalized spacial score (nSPS) is 57.9. The Labute approximate surface area is 201 Å². The third-order valence-electron chi connectivity index (χ3n) is 13.4. The molecule has 0 aromatic heterocycles. The molecule has 1 aliphatic heterocycles. The topological polar surface area (TPSA) is 46.5 Å². The van der Waals surface area contributed by atoms with Gasteiger partial charge in [0.2, 0.25) is 0 Å². The van der Waals surface area contributed by atoms with Crippen LogP contribution in [-0.4, -0.2) is 22.8 Å². The highest BCUT2D eigenvalue weighted by Crippen LogP contribution is 2.79. The molecule has 184 valence electrons. The quantitative estimate of drug-likeness (QED) is 0.328. The second-order valence-electron chi connectivity index (χ2n) is 15.3. The molecule has 2 bridgehead atoms. The Bertz CT molecular complexity index is 933. The van der Waals surface area contributed by atoms with Crippen LogP contribution in [0.4, 0.5) is 0 Å². The van der Waals surface area contributed by atoms with Crippen molar-refractivity contribution in [2.24, 2.45) is 50.2 Å². The zero-order valence-electron chi connectivity index (χ0n) is 22.1. The molecule has 0 amide bonds. The molecule has 3 nitrogen and oxygen atoms in total. The van der Waals surface area contributed by atoms with Crippen LogP contribution in [0.25, 0.3) is 0 Å². The first-order valence-electron chi connectivity index (χ1n) is 13.8. The lowest BCUT2D eigenvalue weighted by molar-refractivity contribution is -0.242. The van der Waals surface area contributed by atoms with E-state index in [0.717, 1.165) is 51.4 Å².